The molecule has 1 atom stereocenters. The van der Waals surface area contributed by atoms with Gasteiger partial charge >= 0.3 is 0 Å². The van der Waals surface area contributed by atoms with Crippen LogP contribution in [-0.2, 0) is 11.3 Å². The summed E-state index contributed by atoms with van der Waals surface area (Å²) in [6.45, 7) is 2.62. The maximum absolute atomic E-state index is 11.8. The van der Waals surface area contributed by atoms with Crippen LogP contribution in [-0.4, -0.2) is 11.9 Å². The molecule has 3 nitrogen and oxygen atoms in total. The van der Waals surface area contributed by atoms with Gasteiger partial charge in [-0.3, -0.25) is 4.79 Å². The third kappa shape index (κ3) is 3.56. The summed E-state index contributed by atoms with van der Waals surface area (Å²) in [5.74, 6) is 0.661. The first-order chi connectivity index (χ1) is 8.16. The highest BCUT2D eigenvalue weighted by Crippen LogP contribution is 2.33. The third-order valence-electron chi connectivity index (χ3n) is 3.34. The summed E-state index contributed by atoms with van der Waals surface area (Å²) in [5, 5.41) is 2.91. The molecule has 0 heterocycles. The van der Waals surface area contributed by atoms with Crippen LogP contribution in [0.3, 0.4) is 0 Å². The largest absolute Gasteiger partial charge is 0.351 e. The normalized spacial score (nSPS) is 16.6. The smallest absolute Gasteiger partial charge is 0.237 e. The topological polar surface area (TPSA) is 55.1 Å². The SMILES string of the molecule is Cc1ccccc1CNC(=O)C(N)CC1CC1. The predicted octanol–water partition coefficient (Wildman–Crippen LogP) is 1.74. The highest BCUT2D eigenvalue weighted by molar-refractivity contribution is 5.81. The minimum absolute atomic E-state index is 0.0276. The van der Waals surface area contributed by atoms with Crippen LogP contribution in [0, 0.1) is 12.8 Å². The van der Waals surface area contributed by atoms with E-state index >= 15 is 0 Å². The van der Waals surface area contributed by atoms with E-state index in [9.17, 15) is 4.79 Å². The van der Waals surface area contributed by atoms with Gasteiger partial charge in [0.2, 0.25) is 5.91 Å². The van der Waals surface area contributed by atoms with Crippen molar-refractivity contribution in [1.29, 1.82) is 0 Å². The van der Waals surface area contributed by atoms with E-state index in [1.165, 1.54) is 18.4 Å². The average molecular weight is 232 g/mol. The molecule has 92 valence electrons. The molecular weight excluding hydrogens is 212 g/mol. The molecule has 0 bridgehead atoms. The van der Waals surface area contributed by atoms with Crippen LogP contribution in [0.2, 0.25) is 0 Å². The Bertz CT molecular complexity index is 399. The highest BCUT2D eigenvalue weighted by Gasteiger charge is 2.26. The molecule has 1 aliphatic rings. The van der Waals surface area contributed by atoms with Gasteiger partial charge in [0.05, 0.1) is 6.04 Å². The summed E-state index contributed by atoms with van der Waals surface area (Å²) in [7, 11) is 0. The summed E-state index contributed by atoms with van der Waals surface area (Å²) in [5.41, 5.74) is 8.20. The quantitative estimate of drug-likeness (QED) is 0.812. The average Bonchev–Trinajstić information content (AvgIpc) is 3.11. The van der Waals surface area contributed by atoms with Crippen LogP contribution in [0.25, 0.3) is 0 Å². The van der Waals surface area contributed by atoms with Crippen LogP contribution in [0.1, 0.15) is 30.4 Å². The van der Waals surface area contributed by atoms with E-state index in [1.807, 2.05) is 31.2 Å². The van der Waals surface area contributed by atoms with Gasteiger partial charge in [-0.2, -0.15) is 0 Å². The molecule has 2 rings (SSSR count). The Morgan fingerprint density at radius 3 is 2.82 bits per heavy atom. The van der Waals surface area contributed by atoms with Gasteiger partial charge in [-0.1, -0.05) is 37.1 Å². The van der Waals surface area contributed by atoms with E-state index in [2.05, 4.69) is 5.32 Å². The van der Waals surface area contributed by atoms with Gasteiger partial charge in [0.1, 0.15) is 0 Å². The molecule has 0 aliphatic heterocycles. The van der Waals surface area contributed by atoms with Crippen molar-refractivity contribution in [2.24, 2.45) is 11.7 Å². The number of hydrogen-bond donors (Lipinski definition) is 2. The molecule has 1 aromatic rings. The molecule has 0 aromatic heterocycles. The Hall–Kier alpha value is -1.35. The number of nitrogens with two attached hydrogens (primary N) is 1. The Morgan fingerprint density at radius 2 is 2.18 bits per heavy atom. The van der Waals surface area contributed by atoms with Crippen molar-refractivity contribution < 1.29 is 4.79 Å². The van der Waals surface area contributed by atoms with Crippen molar-refractivity contribution in [2.75, 3.05) is 0 Å². The predicted molar refractivity (Wildman–Crippen MR) is 68.3 cm³/mol. The number of amides is 1. The molecule has 17 heavy (non-hydrogen) atoms. The number of nitrogens with one attached hydrogen (secondary N) is 1. The lowest BCUT2D eigenvalue weighted by Gasteiger charge is -2.12. The van der Waals surface area contributed by atoms with E-state index in [0.29, 0.717) is 12.5 Å². The number of benzene rings is 1. The van der Waals surface area contributed by atoms with Crippen LogP contribution in [0.15, 0.2) is 24.3 Å². The molecular formula is C14H20N2O. The molecule has 1 amide bonds. The number of rotatable bonds is 5. The Labute approximate surface area is 102 Å². The van der Waals surface area contributed by atoms with Crippen LogP contribution < -0.4 is 11.1 Å². The second kappa shape index (κ2) is 5.32. The molecule has 0 saturated heterocycles. The lowest BCUT2D eigenvalue weighted by molar-refractivity contribution is -0.122. The van der Waals surface area contributed by atoms with Gasteiger partial charge < -0.3 is 11.1 Å². The molecule has 0 spiro atoms. The summed E-state index contributed by atoms with van der Waals surface area (Å²) in [6, 6.07) is 7.72. The molecule has 3 N–H and O–H groups in total. The second-order valence-electron chi connectivity index (χ2n) is 4.93. The zero-order valence-corrected chi connectivity index (χ0v) is 10.3. The first-order valence-corrected chi connectivity index (χ1v) is 6.24. The number of carbonyl (C=O) groups excluding carboxylic acids is 1. The van der Waals surface area contributed by atoms with E-state index in [-0.39, 0.29) is 11.9 Å². The van der Waals surface area contributed by atoms with Crippen molar-refractivity contribution in [2.45, 2.75) is 38.8 Å². The van der Waals surface area contributed by atoms with Crippen molar-refractivity contribution in [3.63, 3.8) is 0 Å². The fourth-order valence-corrected chi connectivity index (χ4v) is 1.94. The molecule has 1 saturated carbocycles. The molecule has 0 radical (unpaired) electrons. The minimum atomic E-state index is -0.341. The number of hydrogen-bond acceptors (Lipinski definition) is 2. The third-order valence-corrected chi connectivity index (χ3v) is 3.34. The maximum atomic E-state index is 11.8. The Morgan fingerprint density at radius 1 is 1.47 bits per heavy atom. The first-order valence-electron chi connectivity index (χ1n) is 6.24. The zero-order chi connectivity index (χ0) is 12.3. The summed E-state index contributed by atoms with van der Waals surface area (Å²) >= 11 is 0. The monoisotopic (exact) mass is 232 g/mol. The second-order valence-corrected chi connectivity index (χ2v) is 4.93. The van der Waals surface area contributed by atoms with Gasteiger partial charge in [-0.05, 0) is 30.4 Å². The minimum Gasteiger partial charge on any atom is -0.351 e. The summed E-state index contributed by atoms with van der Waals surface area (Å²) in [4.78, 5) is 11.8. The van der Waals surface area contributed by atoms with Crippen molar-refractivity contribution in [3.8, 4) is 0 Å². The summed E-state index contributed by atoms with van der Waals surface area (Å²) < 4.78 is 0. The lowest BCUT2D eigenvalue weighted by Crippen LogP contribution is -2.40. The molecule has 1 fully saturated rings. The number of carbonyl (C=O) groups is 1. The van der Waals surface area contributed by atoms with E-state index in [4.69, 9.17) is 5.73 Å². The van der Waals surface area contributed by atoms with Crippen LogP contribution in [0.4, 0.5) is 0 Å². The lowest BCUT2D eigenvalue weighted by atomic mass is 10.1. The van der Waals surface area contributed by atoms with E-state index in [0.717, 1.165) is 12.0 Å². The molecule has 3 heteroatoms. The van der Waals surface area contributed by atoms with E-state index < -0.39 is 0 Å². The van der Waals surface area contributed by atoms with E-state index in [1.54, 1.807) is 0 Å². The van der Waals surface area contributed by atoms with Crippen molar-refractivity contribution >= 4 is 5.91 Å². The Kier molecular flexibility index (Phi) is 3.79. The van der Waals surface area contributed by atoms with Gasteiger partial charge in [-0.15, -0.1) is 0 Å². The Balaban J connectivity index is 1.80. The number of aryl methyl sites for hydroxylation is 1. The van der Waals surface area contributed by atoms with Gasteiger partial charge in [0.15, 0.2) is 0 Å². The fourth-order valence-electron chi connectivity index (χ4n) is 1.94. The molecule has 1 unspecified atom stereocenters. The zero-order valence-electron chi connectivity index (χ0n) is 10.3. The molecule has 1 aliphatic carbocycles. The maximum Gasteiger partial charge on any atom is 0.237 e. The van der Waals surface area contributed by atoms with Gasteiger partial charge in [0, 0.05) is 6.54 Å². The molecule has 1 aromatic carbocycles. The first kappa shape index (κ1) is 12.1. The highest BCUT2D eigenvalue weighted by atomic mass is 16.2. The van der Waals surface area contributed by atoms with Gasteiger partial charge in [0.25, 0.3) is 0 Å². The van der Waals surface area contributed by atoms with Crippen molar-refractivity contribution in [3.05, 3.63) is 35.4 Å². The van der Waals surface area contributed by atoms with Gasteiger partial charge in [-0.25, -0.2) is 0 Å². The summed E-state index contributed by atoms with van der Waals surface area (Å²) in [6.07, 6.45) is 3.30. The standard InChI is InChI=1S/C14H20N2O/c1-10-4-2-3-5-12(10)9-16-14(17)13(15)8-11-6-7-11/h2-5,11,13H,6-9,15H2,1H3,(H,16,17). The fraction of sp³-hybridized carbons (Fsp3) is 0.500. The van der Waals surface area contributed by atoms with Crippen LogP contribution in [0.5, 0.6) is 0 Å². The van der Waals surface area contributed by atoms with Crippen molar-refractivity contribution in [1.82, 2.24) is 5.32 Å². The van der Waals surface area contributed by atoms with Crippen LogP contribution >= 0.6 is 0 Å².